The van der Waals surface area contributed by atoms with E-state index in [2.05, 4.69) is 5.32 Å². The van der Waals surface area contributed by atoms with Crippen molar-refractivity contribution in [3.05, 3.63) is 0 Å². The van der Waals surface area contributed by atoms with Crippen LogP contribution in [-0.2, 0) is 9.59 Å². The van der Waals surface area contributed by atoms with E-state index in [1.165, 1.54) is 0 Å². The Morgan fingerprint density at radius 1 is 1.39 bits per heavy atom. The fourth-order valence-electron chi connectivity index (χ4n) is 2.05. The summed E-state index contributed by atoms with van der Waals surface area (Å²) in [4.78, 5) is 22.0. The summed E-state index contributed by atoms with van der Waals surface area (Å²) in [6.07, 6.45) is 1.77. The van der Waals surface area contributed by atoms with Gasteiger partial charge in [-0.15, -0.1) is 0 Å². The van der Waals surface area contributed by atoms with Gasteiger partial charge in [-0.1, -0.05) is 0 Å². The number of aliphatic hydroxyl groups is 1. The number of hydrogen-bond donors (Lipinski definition) is 4. The molecule has 18 heavy (non-hydrogen) atoms. The molecule has 0 heterocycles. The van der Waals surface area contributed by atoms with Crippen molar-refractivity contribution in [3.8, 4) is 0 Å². The van der Waals surface area contributed by atoms with Gasteiger partial charge in [0.25, 0.3) is 0 Å². The molecule has 0 atom stereocenters. The highest BCUT2D eigenvalue weighted by Gasteiger charge is 2.37. The van der Waals surface area contributed by atoms with Crippen molar-refractivity contribution in [2.45, 2.75) is 50.7 Å². The van der Waals surface area contributed by atoms with E-state index >= 15 is 0 Å². The molecule has 0 spiro atoms. The smallest absolute Gasteiger partial charge is 0.306 e. The average molecular weight is 258 g/mol. The number of β-amino-alcohol motifs (C(OH)–C–C–N with tert-alkyl or cyclic N) is 1. The van der Waals surface area contributed by atoms with Crippen molar-refractivity contribution in [3.63, 3.8) is 0 Å². The molecule has 0 saturated heterocycles. The summed E-state index contributed by atoms with van der Waals surface area (Å²) in [7, 11) is 0. The number of primary amides is 1. The Morgan fingerprint density at radius 2 is 1.89 bits per heavy atom. The van der Waals surface area contributed by atoms with E-state index in [9.17, 15) is 14.7 Å². The fourth-order valence-corrected chi connectivity index (χ4v) is 2.05. The summed E-state index contributed by atoms with van der Waals surface area (Å²) in [6, 6.07) is 0. The maximum Gasteiger partial charge on any atom is 0.306 e. The van der Waals surface area contributed by atoms with Crippen molar-refractivity contribution in [2.75, 3.05) is 6.54 Å². The zero-order valence-electron chi connectivity index (χ0n) is 10.9. The molecule has 1 saturated carbocycles. The number of carbonyl (C=O) groups is 2. The monoisotopic (exact) mass is 258 g/mol. The predicted octanol–water partition coefficient (Wildman–Crippen LogP) is -0.154. The first-order valence-corrected chi connectivity index (χ1v) is 6.16. The van der Waals surface area contributed by atoms with E-state index in [0.717, 1.165) is 0 Å². The van der Waals surface area contributed by atoms with Crippen molar-refractivity contribution < 1.29 is 19.8 Å². The van der Waals surface area contributed by atoms with Gasteiger partial charge in [-0.25, -0.2) is 0 Å². The molecule has 1 aliphatic carbocycles. The van der Waals surface area contributed by atoms with E-state index in [4.69, 9.17) is 10.8 Å². The minimum Gasteiger partial charge on any atom is -0.481 e. The van der Waals surface area contributed by atoms with Crippen LogP contribution < -0.4 is 11.1 Å². The molecule has 1 aliphatic rings. The highest BCUT2D eigenvalue weighted by Crippen LogP contribution is 2.32. The van der Waals surface area contributed by atoms with Crippen LogP contribution >= 0.6 is 0 Å². The van der Waals surface area contributed by atoms with E-state index in [-0.39, 0.29) is 12.5 Å². The lowest BCUT2D eigenvalue weighted by Crippen LogP contribution is -2.56. The normalized spacial score (nSPS) is 28.9. The highest BCUT2D eigenvalue weighted by molar-refractivity contribution is 5.83. The maximum absolute atomic E-state index is 11.1. The molecule has 0 radical (unpaired) electrons. The van der Waals surface area contributed by atoms with E-state index in [1.807, 2.05) is 0 Å². The van der Waals surface area contributed by atoms with Crippen molar-refractivity contribution in [1.82, 2.24) is 5.32 Å². The van der Waals surface area contributed by atoms with Crippen LogP contribution in [0.2, 0.25) is 0 Å². The largest absolute Gasteiger partial charge is 0.481 e. The van der Waals surface area contributed by atoms with Crippen molar-refractivity contribution in [2.24, 2.45) is 11.7 Å². The van der Waals surface area contributed by atoms with Crippen LogP contribution in [-0.4, -0.2) is 39.8 Å². The lowest BCUT2D eigenvalue weighted by atomic mass is 9.78. The first kappa shape index (κ1) is 14.9. The molecule has 6 heteroatoms. The number of nitrogens with two attached hydrogens (primary N) is 1. The number of aliphatic carboxylic acids is 1. The molecule has 0 bridgehead atoms. The lowest BCUT2D eigenvalue weighted by Gasteiger charge is -2.37. The second-order valence-electron chi connectivity index (χ2n) is 5.68. The number of carbonyl (C=O) groups excluding carboxylic acids is 1. The quantitative estimate of drug-likeness (QED) is 0.547. The Balaban J connectivity index is 2.49. The van der Waals surface area contributed by atoms with Crippen molar-refractivity contribution >= 4 is 11.9 Å². The summed E-state index contributed by atoms with van der Waals surface area (Å²) < 4.78 is 0. The van der Waals surface area contributed by atoms with Crippen LogP contribution in [0.15, 0.2) is 0 Å². The number of carboxylic acid groups (broad SMARTS) is 1. The van der Waals surface area contributed by atoms with Gasteiger partial charge in [0.2, 0.25) is 5.91 Å². The standard InChI is InChI=1S/C12H22N2O4/c1-11(2,10(13)17)14-7-12(18)5-3-8(4-6-12)9(15)16/h8,14,18H,3-7H2,1-2H3,(H2,13,17)(H,15,16). The van der Waals surface area contributed by atoms with E-state index < -0.39 is 23.0 Å². The summed E-state index contributed by atoms with van der Waals surface area (Å²) in [5, 5.41) is 22.1. The van der Waals surface area contributed by atoms with Gasteiger partial charge in [-0.3, -0.25) is 9.59 Å². The van der Waals surface area contributed by atoms with Crippen LogP contribution in [0.3, 0.4) is 0 Å². The minimum absolute atomic E-state index is 0.245. The molecule has 5 N–H and O–H groups in total. The van der Waals surface area contributed by atoms with Gasteiger partial charge in [-0.2, -0.15) is 0 Å². The van der Waals surface area contributed by atoms with Gasteiger partial charge in [0.1, 0.15) is 0 Å². The van der Waals surface area contributed by atoms with Gasteiger partial charge < -0.3 is 21.3 Å². The maximum atomic E-state index is 11.1. The molecular formula is C12H22N2O4. The Bertz CT molecular complexity index is 333. The summed E-state index contributed by atoms with van der Waals surface area (Å²) in [5.41, 5.74) is 3.41. The van der Waals surface area contributed by atoms with E-state index in [0.29, 0.717) is 25.7 Å². The molecule has 6 nitrogen and oxygen atoms in total. The Labute approximate surface area is 107 Å². The second kappa shape index (κ2) is 5.24. The van der Waals surface area contributed by atoms with Crippen LogP contribution in [0.4, 0.5) is 0 Å². The first-order valence-electron chi connectivity index (χ1n) is 6.16. The fraction of sp³-hybridized carbons (Fsp3) is 0.833. The van der Waals surface area contributed by atoms with Crippen LogP contribution in [0.5, 0.6) is 0 Å². The number of carboxylic acids is 1. The molecule has 0 aromatic carbocycles. The average Bonchev–Trinajstić information content (AvgIpc) is 2.27. The molecule has 1 rings (SSSR count). The molecule has 0 aliphatic heterocycles. The molecule has 0 aromatic heterocycles. The lowest BCUT2D eigenvalue weighted by molar-refractivity contribution is -0.144. The zero-order valence-corrected chi connectivity index (χ0v) is 10.9. The second-order valence-corrected chi connectivity index (χ2v) is 5.68. The van der Waals surface area contributed by atoms with Crippen LogP contribution in [0, 0.1) is 5.92 Å². The van der Waals surface area contributed by atoms with Gasteiger partial charge in [0, 0.05) is 6.54 Å². The Hall–Kier alpha value is -1.14. The number of amides is 1. The third kappa shape index (κ3) is 3.68. The van der Waals surface area contributed by atoms with E-state index in [1.54, 1.807) is 13.8 Å². The third-order valence-electron chi connectivity index (χ3n) is 3.74. The van der Waals surface area contributed by atoms with Crippen LogP contribution in [0.25, 0.3) is 0 Å². The number of hydrogen-bond acceptors (Lipinski definition) is 4. The first-order chi connectivity index (χ1) is 8.16. The summed E-state index contributed by atoms with van der Waals surface area (Å²) in [6.45, 7) is 3.55. The Morgan fingerprint density at radius 3 is 2.28 bits per heavy atom. The number of nitrogens with one attached hydrogen (secondary N) is 1. The SMILES string of the molecule is CC(C)(NCC1(O)CCC(C(=O)O)CC1)C(N)=O. The predicted molar refractivity (Wildman–Crippen MR) is 65.8 cm³/mol. The topological polar surface area (TPSA) is 113 Å². The summed E-state index contributed by atoms with van der Waals surface area (Å²) in [5.74, 6) is -1.65. The van der Waals surface area contributed by atoms with Gasteiger partial charge in [0.05, 0.1) is 17.1 Å². The molecular weight excluding hydrogens is 236 g/mol. The summed E-state index contributed by atoms with van der Waals surface area (Å²) >= 11 is 0. The van der Waals surface area contributed by atoms with Gasteiger partial charge in [0.15, 0.2) is 0 Å². The number of rotatable bonds is 5. The highest BCUT2D eigenvalue weighted by atomic mass is 16.4. The van der Waals surface area contributed by atoms with Crippen LogP contribution in [0.1, 0.15) is 39.5 Å². The molecule has 0 unspecified atom stereocenters. The zero-order chi connectivity index (χ0) is 14.0. The minimum atomic E-state index is -0.946. The van der Waals surface area contributed by atoms with Gasteiger partial charge in [-0.05, 0) is 39.5 Å². The molecule has 1 fully saturated rings. The molecule has 0 aromatic rings. The molecule has 1 amide bonds. The van der Waals surface area contributed by atoms with Crippen molar-refractivity contribution in [1.29, 1.82) is 0 Å². The Kier molecular flexibility index (Phi) is 4.34. The van der Waals surface area contributed by atoms with Gasteiger partial charge >= 0.3 is 5.97 Å². The molecule has 104 valence electrons. The third-order valence-corrected chi connectivity index (χ3v) is 3.74.